The van der Waals surface area contributed by atoms with E-state index in [9.17, 15) is 4.39 Å². The van der Waals surface area contributed by atoms with Crippen molar-refractivity contribution in [2.45, 2.75) is 19.9 Å². The summed E-state index contributed by atoms with van der Waals surface area (Å²) in [5.41, 5.74) is 1.32. The third-order valence-corrected chi connectivity index (χ3v) is 3.87. The van der Waals surface area contributed by atoms with Gasteiger partial charge in [-0.15, -0.1) is 0 Å². The lowest BCUT2D eigenvalue weighted by Crippen LogP contribution is -2.44. The van der Waals surface area contributed by atoms with Crippen LogP contribution in [-0.2, 0) is 0 Å². The highest BCUT2D eigenvalue weighted by Crippen LogP contribution is 2.25. The van der Waals surface area contributed by atoms with Crippen molar-refractivity contribution >= 4 is 0 Å². The number of nitrogens with zero attached hydrogens (tertiary/aromatic N) is 3. The quantitative estimate of drug-likeness (QED) is 0.938. The van der Waals surface area contributed by atoms with E-state index < -0.39 is 0 Å². The van der Waals surface area contributed by atoms with E-state index in [-0.39, 0.29) is 17.7 Å². The minimum Gasteiger partial charge on any atom is -0.334 e. The van der Waals surface area contributed by atoms with Gasteiger partial charge in [0, 0.05) is 26.2 Å². The Bertz CT molecular complexity index is 622. The highest BCUT2D eigenvalue weighted by atomic mass is 19.1. The summed E-state index contributed by atoms with van der Waals surface area (Å²) in [6.07, 6.45) is 0. The van der Waals surface area contributed by atoms with E-state index in [1.54, 1.807) is 12.1 Å². The molecule has 21 heavy (non-hydrogen) atoms. The van der Waals surface area contributed by atoms with E-state index in [1.807, 2.05) is 13.8 Å². The SMILES string of the molecule is Cc1ccc(F)c(-c2nc(C(C)N3CCNCC3)no2)c1. The van der Waals surface area contributed by atoms with Crippen LogP contribution in [0.4, 0.5) is 4.39 Å². The van der Waals surface area contributed by atoms with E-state index >= 15 is 0 Å². The van der Waals surface area contributed by atoms with Gasteiger partial charge in [-0.2, -0.15) is 4.98 Å². The molecule has 1 aromatic carbocycles. The van der Waals surface area contributed by atoms with Gasteiger partial charge in [0.2, 0.25) is 0 Å². The average Bonchev–Trinajstić information content (AvgIpc) is 2.99. The molecule has 6 heteroatoms. The van der Waals surface area contributed by atoms with Gasteiger partial charge >= 0.3 is 0 Å². The van der Waals surface area contributed by atoms with Gasteiger partial charge in [0.15, 0.2) is 5.82 Å². The van der Waals surface area contributed by atoms with Gasteiger partial charge in [0.25, 0.3) is 5.89 Å². The monoisotopic (exact) mass is 290 g/mol. The fourth-order valence-electron chi connectivity index (χ4n) is 2.55. The molecular weight excluding hydrogens is 271 g/mol. The molecule has 2 heterocycles. The standard InChI is InChI=1S/C15H19FN4O/c1-10-3-4-13(16)12(9-10)15-18-14(19-21-15)11(2)20-7-5-17-6-8-20/h3-4,9,11,17H,5-8H2,1-2H3. The summed E-state index contributed by atoms with van der Waals surface area (Å²) >= 11 is 0. The Morgan fingerprint density at radius 2 is 2.10 bits per heavy atom. The molecule has 0 radical (unpaired) electrons. The van der Waals surface area contributed by atoms with Crippen molar-refractivity contribution in [3.63, 3.8) is 0 Å². The van der Waals surface area contributed by atoms with Crippen molar-refractivity contribution in [2.75, 3.05) is 26.2 Å². The maximum absolute atomic E-state index is 13.9. The molecule has 3 rings (SSSR count). The molecule has 2 aromatic rings. The molecule has 0 spiro atoms. The lowest BCUT2D eigenvalue weighted by Gasteiger charge is -2.30. The number of aryl methyl sites for hydroxylation is 1. The van der Waals surface area contributed by atoms with Crippen LogP contribution >= 0.6 is 0 Å². The lowest BCUT2D eigenvalue weighted by molar-refractivity contribution is 0.176. The van der Waals surface area contributed by atoms with E-state index in [1.165, 1.54) is 6.07 Å². The predicted molar refractivity (Wildman–Crippen MR) is 77.3 cm³/mol. The van der Waals surface area contributed by atoms with Crippen molar-refractivity contribution in [1.29, 1.82) is 0 Å². The summed E-state index contributed by atoms with van der Waals surface area (Å²) in [4.78, 5) is 6.67. The molecule has 112 valence electrons. The molecule has 1 aliphatic heterocycles. The predicted octanol–water partition coefficient (Wildman–Crippen LogP) is 2.15. The molecule has 0 bridgehead atoms. The first-order valence-electron chi connectivity index (χ1n) is 7.20. The molecule has 0 amide bonds. The topological polar surface area (TPSA) is 54.2 Å². The van der Waals surface area contributed by atoms with Crippen molar-refractivity contribution in [1.82, 2.24) is 20.4 Å². The molecule has 1 atom stereocenters. The summed E-state index contributed by atoms with van der Waals surface area (Å²) < 4.78 is 19.1. The van der Waals surface area contributed by atoms with Crippen LogP contribution in [0.5, 0.6) is 0 Å². The van der Waals surface area contributed by atoms with Crippen LogP contribution in [0, 0.1) is 12.7 Å². The highest BCUT2D eigenvalue weighted by molar-refractivity contribution is 5.55. The largest absolute Gasteiger partial charge is 0.334 e. The molecule has 0 aliphatic carbocycles. The van der Waals surface area contributed by atoms with E-state index in [4.69, 9.17) is 4.52 Å². The van der Waals surface area contributed by atoms with Gasteiger partial charge in [-0.25, -0.2) is 4.39 Å². The third kappa shape index (κ3) is 2.96. The normalized spacial score (nSPS) is 17.9. The Kier molecular flexibility index (Phi) is 3.98. The van der Waals surface area contributed by atoms with Crippen molar-refractivity contribution in [3.8, 4) is 11.5 Å². The lowest BCUT2D eigenvalue weighted by atomic mass is 10.1. The first-order valence-corrected chi connectivity index (χ1v) is 7.20. The zero-order valence-corrected chi connectivity index (χ0v) is 12.3. The van der Waals surface area contributed by atoms with Crippen molar-refractivity contribution < 1.29 is 8.91 Å². The van der Waals surface area contributed by atoms with Gasteiger partial charge in [-0.1, -0.05) is 16.8 Å². The molecule has 1 aliphatic rings. The molecule has 1 fully saturated rings. The Morgan fingerprint density at radius 3 is 2.86 bits per heavy atom. The van der Waals surface area contributed by atoms with Crippen LogP contribution in [0.15, 0.2) is 22.7 Å². The second-order valence-corrected chi connectivity index (χ2v) is 5.40. The van der Waals surface area contributed by atoms with Crippen LogP contribution in [0.25, 0.3) is 11.5 Å². The van der Waals surface area contributed by atoms with E-state index in [0.29, 0.717) is 11.4 Å². The Morgan fingerprint density at radius 1 is 1.33 bits per heavy atom. The first-order chi connectivity index (χ1) is 10.1. The summed E-state index contributed by atoms with van der Waals surface area (Å²) in [6, 6.07) is 4.94. The van der Waals surface area contributed by atoms with Crippen molar-refractivity contribution in [2.24, 2.45) is 0 Å². The summed E-state index contributed by atoms with van der Waals surface area (Å²) in [6.45, 7) is 7.77. The van der Waals surface area contributed by atoms with Gasteiger partial charge < -0.3 is 9.84 Å². The van der Waals surface area contributed by atoms with E-state index in [2.05, 4.69) is 20.4 Å². The molecule has 1 saturated heterocycles. The minimum atomic E-state index is -0.342. The minimum absolute atomic E-state index is 0.0671. The summed E-state index contributed by atoms with van der Waals surface area (Å²) in [5.74, 6) is 0.506. The number of rotatable bonds is 3. The zero-order valence-electron chi connectivity index (χ0n) is 12.3. The molecule has 0 saturated carbocycles. The number of piperazine rings is 1. The third-order valence-electron chi connectivity index (χ3n) is 3.87. The summed E-state index contributed by atoms with van der Waals surface area (Å²) in [5, 5.41) is 7.33. The maximum atomic E-state index is 13.9. The smallest absolute Gasteiger partial charge is 0.260 e. The van der Waals surface area contributed by atoms with Gasteiger partial charge in [0.05, 0.1) is 11.6 Å². The fraction of sp³-hybridized carbons (Fsp3) is 0.467. The fourth-order valence-corrected chi connectivity index (χ4v) is 2.55. The molecule has 1 N–H and O–H groups in total. The molecule has 1 unspecified atom stereocenters. The maximum Gasteiger partial charge on any atom is 0.260 e. The molecule has 1 aromatic heterocycles. The second-order valence-electron chi connectivity index (χ2n) is 5.40. The van der Waals surface area contributed by atoms with Crippen LogP contribution < -0.4 is 5.32 Å². The molecular formula is C15H19FN4O. The first kappa shape index (κ1) is 14.2. The van der Waals surface area contributed by atoms with Gasteiger partial charge in [-0.3, -0.25) is 4.90 Å². The number of benzene rings is 1. The van der Waals surface area contributed by atoms with Gasteiger partial charge in [0.1, 0.15) is 5.82 Å². The van der Waals surface area contributed by atoms with Crippen LogP contribution in [0.1, 0.15) is 24.4 Å². The Balaban J connectivity index is 1.84. The second kappa shape index (κ2) is 5.91. The van der Waals surface area contributed by atoms with Crippen molar-refractivity contribution in [3.05, 3.63) is 35.4 Å². The average molecular weight is 290 g/mol. The zero-order chi connectivity index (χ0) is 14.8. The van der Waals surface area contributed by atoms with Crippen LogP contribution in [-0.4, -0.2) is 41.2 Å². The Hall–Kier alpha value is -1.79. The number of aromatic nitrogens is 2. The van der Waals surface area contributed by atoms with E-state index in [0.717, 1.165) is 31.7 Å². The van der Waals surface area contributed by atoms with Gasteiger partial charge in [-0.05, 0) is 26.0 Å². The number of hydrogen-bond acceptors (Lipinski definition) is 5. The highest BCUT2D eigenvalue weighted by Gasteiger charge is 2.23. The number of nitrogens with one attached hydrogen (secondary N) is 1. The van der Waals surface area contributed by atoms with Crippen LogP contribution in [0.3, 0.4) is 0 Å². The number of hydrogen-bond donors (Lipinski definition) is 1. The Labute approximate surface area is 123 Å². The van der Waals surface area contributed by atoms with Crippen LogP contribution in [0.2, 0.25) is 0 Å². The summed E-state index contributed by atoms with van der Waals surface area (Å²) in [7, 11) is 0. The number of halogens is 1. The molecule has 5 nitrogen and oxygen atoms in total.